The van der Waals surface area contributed by atoms with E-state index < -0.39 is 10.0 Å². The highest BCUT2D eigenvalue weighted by molar-refractivity contribution is 7.89. The molecule has 0 radical (unpaired) electrons. The Labute approximate surface area is 149 Å². The molecule has 3 aromatic rings. The molecule has 8 heteroatoms. The highest BCUT2D eigenvalue weighted by Crippen LogP contribution is 2.32. The number of fused-ring (bicyclic) bond motifs is 1. The van der Waals surface area contributed by atoms with Crippen LogP contribution in [0.15, 0.2) is 65.4 Å². The molecule has 0 atom stereocenters. The van der Waals surface area contributed by atoms with Crippen LogP contribution in [0.4, 0.5) is 0 Å². The topological polar surface area (TPSA) is 100 Å². The SMILES string of the molecule is COc1nccc2c(C3=C=CC=C3)nn(-c3ccc(S(N)(=O)=O)cc3)c12. The molecule has 0 bridgehead atoms. The van der Waals surface area contributed by atoms with Gasteiger partial charge in [0.2, 0.25) is 15.9 Å². The molecule has 0 spiro atoms. The van der Waals surface area contributed by atoms with E-state index in [4.69, 9.17) is 9.88 Å². The Hall–Kier alpha value is -3.19. The van der Waals surface area contributed by atoms with Gasteiger partial charge in [-0.1, -0.05) is 6.08 Å². The molecule has 7 nitrogen and oxygen atoms in total. The summed E-state index contributed by atoms with van der Waals surface area (Å²) in [5, 5.41) is 10.7. The number of ether oxygens (including phenoxy) is 1. The first-order valence-electron chi connectivity index (χ1n) is 7.68. The quantitative estimate of drug-likeness (QED) is 0.714. The van der Waals surface area contributed by atoms with Crippen LogP contribution in [0.3, 0.4) is 0 Å². The lowest BCUT2D eigenvalue weighted by molar-refractivity contribution is 0.401. The molecule has 0 saturated carbocycles. The number of aromatic nitrogens is 3. The molecule has 2 heterocycles. The van der Waals surface area contributed by atoms with Gasteiger partial charge in [0.1, 0.15) is 11.2 Å². The van der Waals surface area contributed by atoms with Crippen LogP contribution in [-0.4, -0.2) is 30.3 Å². The fourth-order valence-electron chi connectivity index (χ4n) is 2.82. The Kier molecular flexibility index (Phi) is 3.73. The fourth-order valence-corrected chi connectivity index (χ4v) is 3.34. The zero-order valence-corrected chi connectivity index (χ0v) is 14.6. The molecule has 130 valence electrons. The molecular weight excluding hydrogens is 352 g/mol. The van der Waals surface area contributed by atoms with Crippen molar-refractivity contribution < 1.29 is 13.2 Å². The summed E-state index contributed by atoms with van der Waals surface area (Å²) < 4.78 is 30.0. The van der Waals surface area contributed by atoms with Crippen LogP contribution in [0.1, 0.15) is 5.69 Å². The molecule has 1 aliphatic carbocycles. The zero-order valence-electron chi connectivity index (χ0n) is 13.7. The van der Waals surface area contributed by atoms with Crippen molar-refractivity contribution in [2.45, 2.75) is 4.90 Å². The number of sulfonamides is 1. The first-order valence-corrected chi connectivity index (χ1v) is 9.22. The molecule has 2 N–H and O–H groups in total. The molecule has 4 rings (SSSR count). The summed E-state index contributed by atoms with van der Waals surface area (Å²) in [6, 6.07) is 8.01. The molecule has 0 unspecified atom stereocenters. The molecule has 0 saturated heterocycles. The van der Waals surface area contributed by atoms with Crippen LogP contribution in [0.25, 0.3) is 22.2 Å². The Bertz CT molecular complexity index is 1220. The van der Waals surface area contributed by atoms with Gasteiger partial charge in [-0.3, -0.25) is 0 Å². The van der Waals surface area contributed by atoms with E-state index in [2.05, 4.69) is 15.8 Å². The van der Waals surface area contributed by atoms with Crippen molar-refractivity contribution in [1.82, 2.24) is 14.8 Å². The number of benzene rings is 1. The van der Waals surface area contributed by atoms with Gasteiger partial charge < -0.3 is 4.74 Å². The second-order valence-electron chi connectivity index (χ2n) is 5.60. The third-order valence-corrected chi connectivity index (χ3v) is 4.94. The van der Waals surface area contributed by atoms with Crippen molar-refractivity contribution in [2.75, 3.05) is 7.11 Å². The summed E-state index contributed by atoms with van der Waals surface area (Å²) in [6.45, 7) is 0. The number of nitrogens with two attached hydrogens (primary N) is 1. The fraction of sp³-hybridized carbons (Fsp3) is 0.0556. The van der Waals surface area contributed by atoms with Crippen molar-refractivity contribution in [3.05, 3.63) is 66.2 Å². The van der Waals surface area contributed by atoms with Crippen molar-refractivity contribution in [1.29, 1.82) is 0 Å². The normalized spacial score (nSPS) is 13.4. The zero-order chi connectivity index (χ0) is 18.3. The Morgan fingerprint density at radius 2 is 1.96 bits per heavy atom. The van der Waals surface area contributed by atoms with E-state index in [-0.39, 0.29) is 4.90 Å². The largest absolute Gasteiger partial charge is 0.479 e. The van der Waals surface area contributed by atoms with E-state index in [1.165, 1.54) is 19.2 Å². The van der Waals surface area contributed by atoms with Crippen molar-refractivity contribution in [3.8, 4) is 11.6 Å². The molecule has 1 aromatic carbocycles. The summed E-state index contributed by atoms with van der Waals surface area (Å²) in [5.74, 6) is 0.420. The van der Waals surface area contributed by atoms with Gasteiger partial charge in [-0.05, 0) is 42.5 Å². The predicted molar refractivity (Wildman–Crippen MR) is 97.4 cm³/mol. The van der Waals surface area contributed by atoms with Gasteiger partial charge in [-0.25, -0.2) is 23.2 Å². The lowest BCUT2D eigenvalue weighted by Gasteiger charge is -2.07. The number of hydrogen-bond donors (Lipinski definition) is 1. The Morgan fingerprint density at radius 3 is 2.58 bits per heavy atom. The molecule has 0 aliphatic heterocycles. The van der Waals surface area contributed by atoms with Crippen LogP contribution in [0.2, 0.25) is 0 Å². The smallest absolute Gasteiger partial charge is 0.240 e. The molecule has 1 aliphatic rings. The summed E-state index contributed by atoms with van der Waals surface area (Å²) >= 11 is 0. The van der Waals surface area contributed by atoms with E-state index >= 15 is 0 Å². The Morgan fingerprint density at radius 1 is 1.19 bits per heavy atom. The number of pyridine rings is 1. The lowest BCUT2D eigenvalue weighted by atomic mass is 10.1. The lowest BCUT2D eigenvalue weighted by Crippen LogP contribution is -2.12. The van der Waals surface area contributed by atoms with Gasteiger partial charge in [0, 0.05) is 17.2 Å². The second kappa shape index (κ2) is 5.96. The monoisotopic (exact) mass is 366 g/mol. The highest BCUT2D eigenvalue weighted by atomic mass is 32.2. The van der Waals surface area contributed by atoms with Crippen LogP contribution in [0, 0.1) is 0 Å². The minimum atomic E-state index is -3.76. The van der Waals surface area contributed by atoms with E-state index in [0.717, 1.165) is 16.7 Å². The van der Waals surface area contributed by atoms with Crippen LogP contribution < -0.4 is 9.88 Å². The highest BCUT2D eigenvalue weighted by Gasteiger charge is 2.19. The average molecular weight is 366 g/mol. The second-order valence-corrected chi connectivity index (χ2v) is 7.16. The van der Waals surface area contributed by atoms with E-state index in [9.17, 15) is 8.42 Å². The van der Waals surface area contributed by atoms with Gasteiger partial charge in [0.05, 0.1) is 17.7 Å². The first kappa shape index (κ1) is 16.3. The van der Waals surface area contributed by atoms with Crippen LogP contribution in [-0.2, 0) is 10.0 Å². The van der Waals surface area contributed by atoms with Gasteiger partial charge >= 0.3 is 0 Å². The molecule has 2 aromatic heterocycles. The maximum Gasteiger partial charge on any atom is 0.240 e. The maximum atomic E-state index is 11.5. The minimum Gasteiger partial charge on any atom is -0.479 e. The number of allylic oxidation sites excluding steroid dienone is 3. The minimum absolute atomic E-state index is 0.0346. The number of hydrogen-bond acceptors (Lipinski definition) is 5. The van der Waals surface area contributed by atoms with E-state index in [0.29, 0.717) is 17.1 Å². The van der Waals surface area contributed by atoms with Crippen molar-refractivity contribution in [2.24, 2.45) is 5.14 Å². The van der Waals surface area contributed by atoms with E-state index in [1.54, 1.807) is 23.0 Å². The molecule has 0 fully saturated rings. The third-order valence-electron chi connectivity index (χ3n) is 4.01. The maximum absolute atomic E-state index is 11.5. The van der Waals surface area contributed by atoms with Gasteiger partial charge in [0.15, 0.2) is 0 Å². The Balaban J connectivity index is 1.98. The van der Waals surface area contributed by atoms with Gasteiger partial charge in [0.25, 0.3) is 0 Å². The number of primary sulfonamides is 1. The standard InChI is InChI=1S/C18H14N4O3S/c1-25-18-17-15(10-11-20-18)16(12-4-2-3-5-12)21-22(17)13-6-8-14(9-7-13)26(19,23)24/h2-4,6-11H,1H3,(H2,19,23,24). The van der Waals surface area contributed by atoms with Gasteiger partial charge in [-0.15, -0.1) is 5.73 Å². The van der Waals surface area contributed by atoms with Crippen LogP contribution >= 0.6 is 0 Å². The summed E-state index contributed by atoms with van der Waals surface area (Å²) in [4.78, 5) is 4.29. The molecule has 0 amide bonds. The van der Waals surface area contributed by atoms with Crippen LogP contribution in [0.5, 0.6) is 5.88 Å². The number of methoxy groups -OCH3 is 1. The summed E-state index contributed by atoms with van der Waals surface area (Å²) in [7, 11) is -2.22. The van der Waals surface area contributed by atoms with E-state index in [1.807, 2.05) is 24.3 Å². The van der Waals surface area contributed by atoms with Crippen molar-refractivity contribution in [3.63, 3.8) is 0 Å². The number of rotatable bonds is 4. The average Bonchev–Trinajstić information content (AvgIpc) is 3.28. The van der Waals surface area contributed by atoms with Crippen molar-refractivity contribution >= 4 is 26.5 Å². The molecular formula is C18H14N4O3S. The first-order chi connectivity index (χ1) is 12.5. The summed E-state index contributed by atoms with van der Waals surface area (Å²) in [5.41, 5.74) is 6.07. The van der Waals surface area contributed by atoms with Gasteiger partial charge in [-0.2, -0.15) is 5.10 Å². The predicted octanol–water partition coefficient (Wildman–Crippen LogP) is 2.18. The molecule has 26 heavy (non-hydrogen) atoms. The third kappa shape index (κ3) is 2.62. The number of nitrogens with zero attached hydrogens (tertiary/aromatic N) is 3. The summed E-state index contributed by atoms with van der Waals surface area (Å²) in [6.07, 6.45) is 7.28.